The van der Waals surface area contributed by atoms with Gasteiger partial charge < -0.3 is 4.74 Å². The number of rotatable bonds is 3. The monoisotopic (exact) mass is 322 g/mol. The number of nitrogens with zero attached hydrogens (tertiary/aromatic N) is 2. The zero-order valence-electron chi connectivity index (χ0n) is 12.8. The van der Waals surface area contributed by atoms with Crippen LogP contribution in [0.5, 0.6) is 5.75 Å². The molecule has 0 N–H and O–H groups in total. The van der Waals surface area contributed by atoms with Crippen LogP contribution in [0.2, 0.25) is 0 Å². The molecule has 0 radical (unpaired) electrons. The van der Waals surface area contributed by atoms with Crippen molar-refractivity contribution in [2.45, 2.75) is 25.7 Å². The third-order valence-electron chi connectivity index (χ3n) is 3.99. The van der Waals surface area contributed by atoms with Gasteiger partial charge in [-0.05, 0) is 47.9 Å². The van der Waals surface area contributed by atoms with Gasteiger partial charge >= 0.3 is 6.36 Å². The largest absolute Gasteiger partial charge is 0.573 e. The Balaban J connectivity index is 1.81. The Hall–Kier alpha value is -2.21. The van der Waals surface area contributed by atoms with E-state index in [4.69, 9.17) is 0 Å². The van der Waals surface area contributed by atoms with Gasteiger partial charge in [0, 0.05) is 19.3 Å². The van der Waals surface area contributed by atoms with Crippen molar-refractivity contribution in [3.63, 3.8) is 0 Å². The predicted octanol–water partition coefficient (Wildman–Crippen LogP) is 4.32. The second-order valence-corrected chi connectivity index (χ2v) is 5.47. The molecule has 0 bridgehead atoms. The average Bonchev–Trinajstić information content (AvgIpc) is 2.82. The highest BCUT2D eigenvalue weighted by atomic mass is 19.4. The first-order valence-corrected chi connectivity index (χ1v) is 7.37. The Morgan fingerprint density at radius 1 is 1.17 bits per heavy atom. The molecule has 0 spiro atoms. The van der Waals surface area contributed by atoms with E-state index in [1.165, 1.54) is 12.1 Å². The van der Waals surface area contributed by atoms with Gasteiger partial charge in [-0.3, -0.25) is 5.01 Å². The van der Waals surface area contributed by atoms with Crippen molar-refractivity contribution in [3.05, 3.63) is 60.0 Å². The molecule has 2 aliphatic heterocycles. The van der Waals surface area contributed by atoms with Crippen LogP contribution in [0.3, 0.4) is 0 Å². The Morgan fingerprint density at radius 2 is 1.87 bits per heavy atom. The van der Waals surface area contributed by atoms with Crippen molar-refractivity contribution in [2.75, 3.05) is 7.05 Å². The van der Waals surface area contributed by atoms with E-state index >= 15 is 0 Å². The van der Waals surface area contributed by atoms with Gasteiger partial charge in [0.1, 0.15) is 5.75 Å². The van der Waals surface area contributed by atoms with Gasteiger partial charge in [-0.1, -0.05) is 19.1 Å². The number of allylic oxidation sites excluding steroid dienone is 3. The topological polar surface area (TPSA) is 15.7 Å². The molecule has 6 heteroatoms. The zero-order valence-corrected chi connectivity index (χ0v) is 12.8. The van der Waals surface area contributed by atoms with E-state index in [2.05, 4.69) is 27.8 Å². The Bertz CT molecular complexity index is 674. The van der Waals surface area contributed by atoms with Crippen molar-refractivity contribution in [3.8, 4) is 5.75 Å². The van der Waals surface area contributed by atoms with Crippen LogP contribution in [-0.2, 0) is 0 Å². The molecule has 23 heavy (non-hydrogen) atoms. The molecule has 0 aliphatic carbocycles. The molecule has 1 unspecified atom stereocenters. The quantitative estimate of drug-likeness (QED) is 0.824. The van der Waals surface area contributed by atoms with E-state index in [1.807, 2.05) is 25.4 Å². The summed E-state index contributed by atoms with van der Waals surface area (Å²) < 4.78 is 40.5. The van der Waals surface area contributed by atoms with Crippen molar-refractivity contribution in [2.24, 2.45) is 0 Å². The standard InChI is InChI=1S/C17H17F3N2O/c1-3-14-11-15-10-13(8-9-22(15)21(14)2)12-4-6-16(7-5-12)23-17(18,19)20/h4-11,14H,3H2,1-2H3. The van der Waals surface area contributed by atoms with E-state index in [0.717, 1.165) is 23.3 Å². The number of hydrogen-bond donors (Lipinski definition) is 0. The predicted molar refractivity (Wildman–Crippen MR) is 82.0 cm³/mol. The molecule has 122 valence electrons. The van der Waals surface area contributed by atoms with Crippen LogP contribution in [0.1, 0.15) is 18.9 Å². The van der Waals surface area contributed by atoms with E-state index < -0.39 is 6.36 Å². The Labute approximate surface area is 132 Å². The lowest BCUT2D eigenvalue weighted by Gasteiger charge is -2.30. The fourth-order valence-electron chi connectivity index (χ4n) is 2.80. The van der Waals surface area contributed by atoms with Gasteiger partial charge in [0.15, 0.2) is 0 Å². The van der Waals surface area contributed by atoms with Crippen LogP contribution in [-0.4, -0.2) is 29.5 Å². The minimum absolute atomic E-state index is 0.214. The molecular weight excluding hydrogens is 305 g/mol. The highest BCUT2D eigenvalue weighted by Gasteiger charge is 2.31. The number of alkyl halides is 3. The first-order valence-electron chi connectivity index (χ1n) is 7.37. The van der Waals surface area contributed by atoms with Crippen molar-refractivity contribution >= 4 is 5.57 Å². The zero-order chi connectivity index (χ0) is 16.6. The van der Waals surface area contributed by atoms with E-state index in [0.29, 0.717) is 6.04 Å². The minimum atomic E-state index is -4.67. The Kier molecular flexibility index (Phi) is 3.93. The highest BCUT2D eigenvalue weighted by molar-refractivity contribution is 5.77. The maximum atomic E-state index is 12.2. The number of halogens is 3. The van der Waals surface area contributed by atoms with Crippen LogP contribution in [0.25, 0.3) is 5.57 Å². The van der Waals surface area contributed by atoms with Gasteiger partial charge in [-0.25, -0.2) is 5.01 Å². The number of ether oxygens (including phenoxy) is 1. The molecule has 1 atom stereocenters. The fourth-order valence-corrected chi connectivity index (χ4v) is 2.80. The molecule has 0 saturated carbocycles. The van der Waals surface area contributed by atoms with Crippen LogP contribution in [0.15, 0.2) is 54.4 Å². The SMILES string of the molecule is CCC1C=C2C=C(c3ccc(OC(F)(F)F)cc3)C=CN2N1C. The summed E-state index contributed by atoms with van der Waals surface area (Å²) in [6, 6.07) is 6.27. The summed E-state index contributed by atoms with van der Waals surface area (Å²) in [5, 5.41) is 4.22. The first kappa shape index (κ1) is 15.7. The lowest BCUT2D eigenvalue weighted by atomic mass is 10.0. The molecule has 3 rings (SSSR count). The lowest BCUT2D eigenvalue weighted by molar-refractivity contribution is -0.274. The van der Waals surface area contributed by atoms with Gasteiger partial charge in [0.25, 0.3) is 0 Å². The maximum absolute atomic E-state index is 12.2. The summed E-state index contributed by atoms with van der Waals surface area (Å²) in [6.45, 7) is 2.13. The van der Waals surface area contributed by atoms with Crippen LogP contribution < -0.4 is 4.74 Å². The van der Waals surface area contributed by atoms with Gasteiger partial charge in [-0.15, -0.1) is 13.2 Å². The molecule has 2 heterocycles. The summed E-state index contributed by atoms with van der Waals surface area (Å²) >= 11 is 0. The van der Waals surface area contributed by atoms with Crippen LogP contribution >= 0.6 is 0 Å². The number of benzene rings is 1. The number of fused-ring (bicyclic) bond motifs is 1. The lowest BCUT2D eigenvalue weighted by Crippen LogP contribution is -2.35. The minimum Gasteiger partial charge on any atom is -0.406 e. The Morgan fingerprint density at radius 3 is 2.48 bits per heavy atom. The summed E-state index contributed by atoms with van der Waals surface area (Å²) in [7, 11) is 2.03. The third-order valence-corrected chi connectivity index (χ3v) is 3.99. The summed E-state index contributed by atoms with van der Waals surface area (Å²) in [5.74, 6) is -0.214. The highest BCUT2D eigenvalue weighted by Crippen LogP contribution is 2.32. The van der Waals surface area contributed by atoms with Crippen molar-refractivity contribution in [1.82, 2.24) is 10.0 Å². The number of hydrazine groups is 1. The second-order valence-electron chi connectivity index (χ2n) is 5.47. The van der Waals surface area contributed by atoms with Crippen LogP contribution in [0, 0.1) is 0 Å². The van der Waals surface area contributed by atoms with Crippen LogP contribution in [0.4, 0.5) is 13.2 Å². The number of likely N-dealkylation sites (N-methyl/N-ethyl adjacent to an activating group) is 1. The summed E-state index contributed by atoms with van der Waals surface area (Å²) in [5.41, 5.74) is 2.88. The van der Waals surface area contributed by atoms with Crippen molar-refractivity contribution in [1.29, 1.82) is 0 Å². The van der Waals surface area contributed by atoms with E-state index in [-0.39, 0.29) is 5.75 Å². The van der Waals surface area contributed by atoms with E-state index in [9.17, 15) is 13.2 Å². The average molecular weight is 322 g/mol. The third kappa shape index (κ3) is 3.27. The second kappa shape index (κ2) is 5.77. The molecule has 0 saturated heterocycles. The first-order chi connectivity index (χ1) is 10.9. The molecule has 0 fully saturated rings. The maximum Gasteiger partial charge on any atom is 0.573 e. The molecule has 2 aliphatic rings. The van der Waals surface area contributed by atoms with Gasteiger partial charge in [0.05, 0.1) is 5.70 Å². The summed E-state index contributed by atoms with van der Waals surface area (Å²) in [6.07, 6.45) is 4.48. The molecule has 0 aromatic heterocycles. The van der Waals surface area contributed by atoms with Crippen molar-refractivity contribution < 1.29 is 17.9 Å². The fraction of sp³-hybridized carbons (Fsp3) is 0.294. The van der Waals surface area contributed by atoms with Gasteiger partial charge in [0.2, 0.25) is 0 Å². The molecule has 0 amide bonds. The molecular formula is C17H17F3N2O. The number of hydrogen-bond acceptors (Lipinski definition) is 3. The summed E-state index contributed by atoms with van der Waals surface area (Å²) in [4.78, 5) is 0. The van der Waals surface area contributed by atoms with E-state index in [1.54, 1.807) is 12.1 Å². The normalized spacial score (nSPS) is 21.1. The molecule has 3 nitrogen and oxygen atoms in total. The molecule has 1 aromatic carbocycles. The smallest absolute Gasteiger partial charge is 0.406 e. The molecule has 1 aromatic rings. The van der Waals surface area contributed by atoms with Gasteiger partial charge in [-0.2, -0.15) is 0 Å².